The average molecular weight is 302 g/mol. The van der Waals surface area contributed by atoms with Gasteiger partial charge >= 0.3 is 0 Å². The Bertz CT molecular complexity index is 436. The van der Waals surface area contributed by atoms with Crippen LogP contribution in [0.25, 0.3) is 0 Å². The monoisotopic (exact) mass is 302 g/mol. The van der Waals surface area contributed by atoms with Crippen LogP contribution in [0.2, 0.25) is 0 Å². The zero-order valence-electron chi connectivity index (χ0n) is 13.6. The third-order valence-electron chi connectivity index (χ3n) is 5.28. The van der Waals surface area contributed by atoms with Gasteiger partial charge in [0.2, 0.25) is 0 Å². The fraction of sp³-hybridized carbons (Fsp3) is 0.684. The Hall–Kier alpha value is -0.900. The molecule has 22 heavy (non-hydrogen) atoms. The summed E-state index contributed by atoms with van der Waals surface area (Å²) in [6.07, 6.45) is 6.86. The minimum atomic E-state index is -0.0495. The molecule has 0 amide bonds. The lowest BCUT2D eigenvalue weighted by atomic mass is 9.87. The Morgan fingerprint density at radius 2 is 2.00 bits per heavy atom. The van der Waals surface area contributed by atoms with Crippen molar-refractivity contribution in [2.45, 2.75) is 50.7 Å². The van der Waals surface area contributed by atoms with Crippen LogP contribution in [0, 0.1) is 5.92 Å². The number of hydrogen-bond donors (Lipinski definition) is 2. The molecular formula is C19H30N2O. The first-order valence-corrected chi connectivity index (χ1v) is 8.97. The average Bonchev–Trinajstić information content (AvgIpc) is 3.00. The summed E-state index contributed by atoms with van der Waals surface area (Å²) in [4.78, 5) is 2.58. The van der Waals surface area contributed by atoms with Gasteiger partial charge in [-0.1, -0.05) is 36.8 Å². The van der Waals surface area contributed by atoms with Gasteiger partial charge in [-0.25, -0.2) is 0 Å². The predicted molar refractivity (Wildman–Crippen MR) is 91.0 cm³/mol. The molecule has 0 bridgehead atoms. The normalized spacial score (nSPS) is 29.8. The molecule has 2 fully saturated rings. The second-order valence-corrected chi connectivity index (χ2v) is 7.12. The third-order valence-corrected chi connectivity index (χ3v) is 5.28. The van der Waals surface area contributed by atoms with Crippen molar-refractivity contribution >= 4 is 0 Å². The Kier molecular flexibility index (Phi) is 5.88. The van der Waals surface area contributed by atoms with Crippen LogP contribution < -0.4 is 5.32 Å². The highest BCUT2D eigenvalue weighted by Gasteiger charge is 2.24. The van der Waals surface area contributed by atoms with Gasteiger partial charge < -0.3 is 15.3 Å². The molecule has 0 spiro atoms. The number of nitrogens with zero attached hydrogens (tertiary/aromatic N) is 1. The molecule has 3 nitrogen and oxygen atoms in total. The van der Waals surface area contributed by atoms with E-state index in [1.165, 1.54) is 44.5 Å². The molecule has 1 aliphatic heterocycles. The summed E-state index contributed by atoms with van der Waals surface area (Å²) in [5.74, 6) is 0.683. The van der Waals surface area contributed by atoms with Crippen LogP contribution in [0.3, 0.4) is 0 Å². The number of nitrogens with one attached hydrogen (secondary N) is 1. The summed E-state index contributed by atoms with van der Waals surface area (Å²) in [5.41, 5.74) is 1.44. The first-order chi connectivity index (χ1) is 10.8. The SMILES string of the molecule is OC1CCCC(CNC2CCN(CCc3ccccc3)C2)C1. The molecule has 3 heteroatoms. The van der Waals surface area contributed by atoms with Gasteiger partial charge in [-0.05, 0) is 56.7 Å². The first kappa shape index (κ1) is 16.0. The van der Waals surface area contributed by atoms with Crippen LogP contribution in [0.1, 0.15) is 37.7 Å². The Balaban J connectivity index is 1.34. The smallest absolute Gasteiger partial charge is 0.0543 e. The molecule has 1 aromatic rings. The minimum absolute atomic E-state index is 0.0495. The predicted octanol–water partition coefficient (Wildman–Crippen LogP) is 2.44. The second kappa shape index (κ2) is 8.09. The Morgan fingerprint density at radius 3 is 2.82 bits per heavy atom. The summed E-state index contributed by atoms with van der Waals surface area (Å²) in [6, 6.07) is 11.4. The molecule has 2 aliphatic rings. The Morgan fingerprint density at radius 1 is 1.14 bits per heavy atom. The number of aliphatic hydroxyl groups is 1. The zero-order chi connectivity index (χ0) is 15.2. The van der Waals surface area contributed by atoms with Crippen molar-refractivity contribution in [2.24, 2.45) is 5.92 Å². The van der Waals surface area contributed by atoms with Gasteiger partial charge in [-0.15, -0.1) is 0 Å². The van der Waals surface area contributed by atoms with Gasteiger partial charge in [-0.2, -0.15) is 0 Å². The summed E-state index contributed by atoms with van der Waals surface area (Å²) in [6.45, 7) is 4.67. The minimum Gasteiger partial charge on any atom is -0.393 e. The van der Waals surface area contributed by atoms with Crippen molar-refractivity contribution in [3.63, 3.8) is 0 Å². The molecule has 0 radical (unpaired) electrons. The largest absolute Gasteiger partial charge is 0.393 e. The van der Waals surface area contributed by atoms with Crippen molar-refractivity contribution < 1.29 is 5.11 Å². The molecular weight excluding hydrogens is 272 g/mol. The molecule has 3 unspecified atom stereocenters. The molecule has 1 aromatic carbocycles. The van der Waals surface area contributed by atoms with E-state index in [4.69, 9.17) is 0 Å². The summed E-state index contributed by atoms with van der Waals surface area (Å²) < 4.78 is 0. The highest BCUT2D eigenvalue weighted by atomic mass is 16.3. The number of likely N-dealkylation sites (tertiary alicyclic amines) is 1. The van der Waals surface area contributed by atoms with Crippen LogP contribution in [0.4, 0.5) is 0 Å². The lowest BCUT2D eigenvalue weighted by Crippen LogP contribution is -2.37. The maximum atomic E-state index is 9.76. The summed E-state index contributed by atoms with van der Waals surface area (Å²) in [7, 11) is 0. The second-order valence-electron chi connectivity index (χ2n) is 7.12. The molecule has 122 valence electrons. The van der Waals surface area contributed by atoms with Crippen molar-refractivity contribution in [3.05, 3.63) is 35.9 Å². The number of benzene rings is 1. The Labute approximate surface area is 134 Å². The maximum Gasteiger partial charge on any atom is 0.0543 e. The summed E-state index contributed by atoms with van der Waals surface area (Å²) in [5, 5.41) is 13.5. The summed E-state index contributed by atoms with van der Waals surface area (Å²) >= 11 is 0. The molecule has 2 N–H and O–H groups in total. The lowest BCUT2D eigenvalue weighted by Gasteiger charge is -2.27. The van der Waals surface area contributed by atoms with Gasteiger partial charge in [0.05, 0.1) is 6.10 Å². The van der Waals surface area contributed by atoms with E-state index < -0.39 is 0 Å². The highest BCUT2D eigenvalue weighted by Crippen LogP contribution is 2.24. The standard InChI is InChI=1S/C19H30N2O/c22-19-8-4-7-17(13-19)14-20-18-10-12-21(15-18)11-9-16-5-2-1-3-6-16/h1-3,5-6,17-20,22H,4,7-15H2. The fourth-order valence-electron chi connectivity index (χ4n) is 3.92. The van der Waals surface area contributed by atoms with Crippen molar-refractivity contribution in [2.75, 3.05) is 26.2 Å². The van der Waals surface area contributed by atoms with E-state index in [0.717, 1.165) is 25.8 Å². The van der Waals surface area contributed by atoms with E-state index in [2.05, 4.69) is 40.5 Å². The molecule has 3 rings (SSSR count). The van der Waals surface area contributed by atoms with E-state index in [1.54, 1.807) is 0 Å². The molecule has 1 saturated heterocycles. The number of rotatable bonds is 6. The molecule has 1 aliphatic carbocycles. The van der Waals surface area contributed by atoms with Crippen LogP contribution in [0.5, 0.6) is 0 Å². The highest BCUT2D eigenvalue weighted by molar-refractivity contribution is 5.14. The van der Waals surface area contributed by atoms with Crippen molar-refractivity contribution in [1.29, 1.82) is 0 Å². The van der Waals surface area contributed by atoms with E-state index in [0.29, 0.717) is 12.0 Å². The van der Waals surface area contributed by atoms with Gasteiger partial charge in [0.15, 0.2) is 0 Å². The zero-order valence-corrected chi connectivity index (χ0v) is 13.6. The first-order valence-electron chi connectivity index (χ1n) is 8.97. The number of aliphatic hydroxyl groups excluding tert-OH is 1. The van der Waals surface area contributed by atoms with Gasteiger partial charge in [0, 0.05) is 19.1 Å². The van der Waals surface area contributed by atoms with Gasteiger partial charge in [0.25, 0.3) is 0 Å². The molecule has 0 aromatic heterocycles. The fourth-order valence-corrected chi connectivity index (χ4v) is 3.92. The van der Waals surface area contributed by atoms with Crippen LogP contribution in [-0.2, 0) is 6.42 Å². The lowest BCUT2D eigenvalue weighted by molar-refractivity contribution is 0.0996. The van der Waals surface area contributed by atoms with E-state index >= 15 is 0 Å². The maximum absolute atomic E-state index is 9.76. The molecule has 1 heterocycles. The topological polar surface area (TPSA) is 35.5 Å². The molecule has 3 atom stereocenters. The molecule has 1 saturated carbocycles. The van der Waals surface area contributed by atoms with E-state index in [9.17, 15) is 5.11 Å². The number of hydrogen-bond acceptors (Lipinski definition) is 3. The quantitative estimate of drug-likeness (QED) is 0.847. The van der Waals surface area contributed by atoms with Crippen LogP contribution in [0.15, 0.2) is 30.3 Å². The van der Waals surface area contributed by atoms with Crippen molar-refractivity contribution in [1.82, 2.24) is 10.2 Å². The van der Waals surface area contributed by atoms with E-state index in [1.807, 2.05) is 0 Å². The van der Waals surface area contributed by atoms with Crippen molar-refractivity contribution in [3.8, 4) is 0 Å². The van der Waals surface area contributed by atoms with Gasteiger partial charge in [0.1, 0.15) is 0 Å². The van der Waals surface area contributed by atoms with Crippen LogP contribution in [-0.4, -0.2) is 48.3 Å². The van der Waals surface area contributed by atoms with Crippen LogP contribution >= 0.6 is 0 Å². The van der Waals surface area contributed by atoms with Gasteiger partial charge in [-0.3, -0.25) is 0 Å². The van der Waals surface area contributed by atoms with E-state index in [-0.39, 0.29) is 6.10 Å². The third kappa shape index (κ3) is 4.80.